The minimum atomic E-state index is -0.984. The van der Waals surface area contributed by atoms with Gasteiger partial charge in [0.2, 0.25) is 0 Å². The Morgan fingerprint density at radius 1 is 1.00 bits per heavy atom. The van der Waals surface area contributed by atoms with E-state index in [0.29, 0.717) is 28.3 Å². The molecule has 1 aromatic heterocycles. The van der Waals surface area contributed by atoms with E-state index in [1.165, 1.54) is 6.08 Å². The van der Waals surface area contributed by atoms with Crippen molar-refractivity contribution in [1.82, 2.24) is 4.57 Å². The number of nitrogens with one attached hydrogen (secondary N) is 1. The number of fused-ring (bicyclic) bond motifs is 1. The number of nitrogens with zero attached hydrogens (tertiary/aromatic N) is 2. The van der Waals surface area contributed by atoms with Gasteiger partial charge in [0.05, 0.1) is 0 Å². The highest BCUT2D eigenvalue weighted by atomic mass is 16.5. The third kappa shape index (κ3) is 5.09. The zero-order valence-corrected chi connectivity index (χ0v) is 17.4. The summed E-state index contributed by atoms with van der Waals surface area (Å²) in [5.74, 6) is -0.360. The van der Waals surface area contributed by atoms with Crippen molar-refractivity contribution in [1.29, 1.82) is 5.26 Å². The summed E-state index contributed by atoms with van der Waals surface area (Å²) in [5, 5.41) is 22.2. The smallest absolute Gasteiger partial charge is 0.323 e. The van der Waals surface area contributed by atoms with Crippen LogP contribution in [-0.2, 0) is 16.1 Å². The SMILES string of the molecule is N#CC(=Cc1cn(CC(=O)O)c2ccccc12)C(=O)Nc1cccc(Oc2ccccc2)c1. The lowest BCUT2D eigenvalue weighted by molar-refractivity contribution is -0.137. The Morgan fingerprint density at radius 3 is 2.48 bits per heavy atom. The Kier molecular flexibility index (Phi) is 6.19. The number of carboxylic acid groups (broad SMARTS) is 1. The summed E-state index contributed by atoms with van der Waals surface area (Å²) in [6.45, 7) is -0.226. The first-order valence-electron chi connectivity index (χ1n) is 10.1. The van der Waals surface area contributed by atoms with E-state index < -0.39 is 11.9 Å². The van der Waals surface area contributed by atoms with Gasteiger partial charge >= 0.3 is 5.97 Å². The van der Waals surface area contributed by atoms with E-state index in [0.717, 1.165) is 5.39 Å². The van der Waals surface area contributed by atoms with Gasteiger partial charge in [0.15, 0.2) is 0 Å². The van der Waals surface area contributed by atoms with Gasteiger partial charge in [0, 0.05) is 34.4 Å². The number of hydrogen-bond acceptors (Lipinski definition) is 4. The molecule has 4 rings (SSSR count). The normalized spacial score (nSPS) is 11.1. The van der Waals surface area contributed by atoms with Crippen LogP contribution in [0.5, 0.6) is 11.5 Å². The zero-order valence-electron chi connectivity index (χ0n) is 17.4. The summed E-state index contributed by atoms with van der Waals surface area (Å²) in [6.07, 6.45) is 3.08. The second kappa shape index (κ2) is 9.54. The van der Waals surface area contributed by atoms with E-state index in [9.17, 15) is 14.9 Å². The molecular weight excluding hydrogens is 418 g/mol. The van der Waals surface area contributed by atoms with Crippen LogP contribution >= 0.6 is 0 Å². The van der Waals surface area contributed by atoms with Gasteiger partial charge in [-0.25, -0.2) is 0 Å². The summed E-state index contributed by atoms with van der Waals surface area (Å²) < 4.78 is 7.35. The van der Waals surface area contributed by atoms with E-state index in [2.05, 4.69) is 5.32 Å². The Labute approximate surface area is 189 Å². The number of anilines is 1. The van der Waals surface area contributed by atoms with Gasteiger partial charge in [0.1, 0.15) is 29.7 Å². The zero-order chi connectivity index (χ0) is 23.2. The molecule has 2 N–H and O–H groups in total. The molecule has 0 aliphatic carbocycles. The van der Waals surface area contributed by atoms with Gasteiger partial charge < -0.3 is 19.7 Å². The van der Waals surface area contributed by atoms with E-state index >= 15 is 0 Å². The van der Waals surface area contributed by atoms with Crippen molar-refractivity contribution in [2.45, 2.75) is 6.54 Å². The molecule has 33 heavy (non-hydrogen) atoms. The fourth-order valence-electron chi connectivity index (χ4n) is 3.43. The average molecular weight is 437 g/mol. The van der Waals surface area contributed by atoms with Crippen LogP contribution in [0.3, 0.4) is 0 Å². The molecular formula is C26H19N3O4. The van der Waals surface area contributed by atoms with Crippen LogP contribution in [-0.4, -0.2) is 21.6 Å². The van der Waals surface area contributed by atoms with E-state index in [1.807, 2.05) is 48.5 Å². The lowest BCUT2D eigenvalue weighted by Gasteiger charge is -2.08. The highest BCUT2D eigenvalue weighted by Crippen LogP contribution is 2.26. The topological polar surface area (TPSA) is 104 Å². The number of rotatable bonds is 7. The Balaban J connectivity index is 1.58. The van der Waals surface area contributed by atoms with Gasteiger partial charge in [-0.2, -0.15) is 5.26 Å². The summed E-state index contributed by atoms with van der Waals surface area (Å²) in [5.41, 5.74) is 1.65. The third-order valence-electron chi connectivity index (χ3n) is 4.86. The minimum absolute atomic E-state index is 0.109. The van der Waals surface area contributed by atoms with E-state index in [1.54, 1.807) is 47.2 Å². The first-order valence-corrected chi connectivity index (χ1v) is 10.1. The number of aliphatic carboxylic acids is 1. The molecule has 0 saturated heterocycles. The highest BCUT2D eigenvalue weighted by molar-refractivity contribution is 6.10. The fourth-order valence-corrected chi connectivity index (χ4v) is 3.43. The van der Waals surface area contributed by atoms with Crippen LogP contribution in [0.2, 0.25) is 0 Å². The molecule has 0 saturated carbocycles. The lowest BCUT2D eigenvalue weighted by Crippen LogP contribution is -2.13. The number of carbonyl (C=O) groups is 2. The first kappa shape index (κ1) is 21.4. The standard InChI is InChI=1S/C26H19N3O4/c27-15-18(13-19-16-29(17-25(30)31)24-12-5-4-11-23(19)24)26(32)28-20-7-6-10-22(14-20)33-21-8-2-1-3-9-21/h1-14,16H,17H2,(H,28,32)(H,30,31). The molecule has 0 spiro atoms. The number of para-hydroxylation sites is 2. The van der Waals surface area contributed by atoms with Crippen molar-refractivity contribution in [2.75, 3.05) is 5.32 Å². The largest absolute Gasteiger partial charge is 0.480 e. The van der Waals surface area contributed by atoms with Crippen molar-refractivity contribution in [3.63, 3.8) is 0 Å². The number of aromatic nitrogens is 1. The van der Waals surface area contributed by atoms with Crippen LogP contribution in [0.4, 0.5) is 5.69 Å². The molecule has 0 aliphatic rings. The molecule has 4 aromatic rings. The van der Waals surface area contributed by atoms with Crippen LogP contribution in [0.25, 0.3) is 17.0 Å². The second-order valence-corrected chi connectivity index (χ2v) is 7.19. The third-order valence-corrected chi connectivity index (χ3v) is 4.86. The minimum Gasteiger partial charge on any atom is -0.480 e. The molecule has 1 heterocycles. The summed E-state index contributed by atoms with van der Waals surface area (Å²) in [6, 6.07) is 25.3. The molecule has 0 aliphatic heterocycles. The molecule has 0 unspecified atom stereocenters. The summed E-state index contributed by atoms with van der Waals surface area (Å²) in [4.78, 5) is 24.0. The van der Waals surface area contributed by atoms with Gasteiger partial charge in [-0.3, -0.25) is 9.59 Å². The van der Waals surface area contributed by atoms with Crippen molar-refractivity contribution >= 4 is 34.5 Å². The first-order chi connectivity index (χ1) is 16.0. The Morgan fingerprint density at radius 2 is 1.73 bits per heavy atom. The Bertz CT molecular complexity index is 1400. The van der Waals surface area contributed by atoms with E-state index in [4.69, 9.17) is 9.84 Å². The maximum atomic E-state index is 12.8. The van der Waals surface area contributed by atoms with Crippen molar-refractivity contribution in [3.05, 3.63) is 96.2 Å². The van der Waals surface area contributed by atoms with Gasteiger partial charge in [-0.1, -0.05) is 42.5 Å². The average Bonchev–Trinajstić information content (AvgIpc) is 3.15. The molecule has 162 valence electrons. The second-order valence-electron chi connectivity index (χ2n) is 7.19. The predicted octanol–water partition coefficient (Wildman–Crippen LogP) is 5.06. The fraction of sp³-hybridized carbons (Fsp3) is 0.0385. The number of hydrogen-bond donors (Lipinski definition) is 2. The molecule has 0 atom stereocenters. The molecule has 0 bridgehead atoms. The van der Waals surface area contributed by atoms with Crippen LogP contribution in [0, 0.1) is 11.3 Å². The summed E-state index contributed by atoms with van der Waals surface area (Å²) in [7, 11) is 0. The number of carbonyl (C=O) groups excluding carboxylic acids is 1. The molecule has 0 fully saturated rings. The molecule has 1 amide bonds. The number of nitriles is 1. The number of carboxylic acids is 1. The Hall–Kier alpha value is -4.83. The van der Waals surface area contributed by atoms with Gasteiger partial charge in [-0.05, 0) is 36.4 Å². The number of benzene rings is 3. The van der Waals surface area contributed by atoms with Crippen LogP contribution < -0.4 is 10.1 Å². The number of ether oxygens (including phenoxy) is 1. The van der Waals surface area contributed by atoms with Crippen molar-refractivity contribution < 1.29 is 19.4 Å². The van der Waals surface area contributed by atoms with E-state index in [-0.39, 0.29) is 12.1 Å². The lowest BCUT2D eigenvalue weighted by atomic mass is 10.1. The van der Waals surface area contributed by atoms with Crippen molar-refractivity contribution in [2.24, 2.45) is 0 Å². The predicted molar refractivity (Wildman–Crippen MR) is 125 cm³/mol. The molecule has 0 radical (unpaired) electrons. The van der Waals surface area contributed by atoms with Gasteiger partial charge in [-0.15, -0.1) is 0 Å². The quantitative estimate of drug-likeness (QED) is 0.310. The molecule has 7 nitrogen and oxygen atoms in total. The van der Waals surface area contributed by atoms with Crippen molar-refractivity contribution in [3.8, 4) is 17.6 Å². The maximum Gasteiger partial charge on any atom is 0.323 e. The summed E-state index contributed by atoms with van der Waals surface area (Å²) >= 11 is 0. The maximum absolute atomic E-state index is 12.8. The molecule has 3 aromatic carbocycles. The van der Waals surface area contributed by atoms with Crippen LogP contribution in [0.15, 0.2) is 90.6 Å². The van der Waals surface area contributed by atoms with Crippen LogP contribution in [0.1, 0.15) is 5.56 Å². The molecule has 7 heteroatoms. The highest BCUT2D eigenvalue weighted by Gasteiger charge is 2.14. The van der Waals surface area contributed by atoms with Gasteiger partial charge in [0.25, 0.3) is 5.91 Å². The number of amides is 1. The monoisotopic (exact) mass is 437 g/mol.